The predicted octanol–water partition coefficient (Wildman–Crippen LogP) is 3.36. The smallest absolute Gasteiger partial charge is 0.244 e. The second-order valence-electron chi connectivity index (χ2n) is 7.72. The monoisotopic (exact) mass is 479 g/mol. The summed E-state index contributed by atoms with van der Waals surface area (Å²) >= 11 is 5.92. The van der Waals surface area contributed by atoms with Gasteiger partial charge in [0.1, 0.15) is 12.6 Å². The number of nitrogens with zero attached hydrogens (tertiary/aromatic N) is 2. The molecule has 2 rings (SSSR count). The largest absolute Gasteiger partial charge is 0.354 e. The second kappa shape index (κ2) is 11.3. The lowest BCUT2D eigenvalue weighted by Crippen LogP contribution is -2.51. The van der Waals surface area contributed by atoms with E-state index in [1.54, 1.807) is 31.2 Å². The predicted molar refractivity (Wildman–Crippen MR) is 128 cm³/mol. The van der Waals surface area contributed by atoms with Gasteiger partial charge in [-0.2, -0.15) is 0 Å². The number of aryl methyl sites for hydroxylation is 1. The number of carbonyl (C=O) groups is 2. The van der Waals surface area contributed by atoms with E-state index in [9.17, 15) is 18.0 Å². The fraction of sp³-hybridized carbons (Fsp3) is 0.391. The number of nitrogens with one attached hydrogen (secondary N) is 1. The highest BCUT2D eigenvalue weighted by atomic mass is 35.5. The Kier molecular flexibility index (Phi) is 9.09. The molecule has 2 amide bonds. The number of anilines is 1. The number of hydrogen-bond acceptors (Lipinski definition) is 4. The molecule has 0 bridgehead atoms. The lowest BCUT2D eigenvalue weighted by Gasteiger charge is -2.31. The Balaban J connectivity index is 2.35. The van der Waals surface area contributed by atoms with Gasteiger partial charge in [-0.15, -0.1) is 0 Å². The standard InChI is InChI=1S/C23H30ClN3O4S/c1-5-13-25-23(29)18(3)26(15-19-8-6-7-17(2)14-19)22(28)16-27(32(4,30)31)21-11-9-20(24)10-12-21/h6-12,14,18H,5,13,15-16H2,1-4H3,(H,25,29)/t18-/m0/s1. The van der Waals surface area contributed by atoms with Gasteiger partial charge in [-0.3, -0.25) is 13.9 Å². The van der Waals surface area contributed by atoms with Gasteiger partial charge in [-0.1, -0.05) is 48.4 Å². The zero-order chi connectivity index (χ0) is 23.9. The minimum atomic E-state index is -3.76. The highest BCUT2D eigenvalue weighted by molar-refractivity contribution is 7.92. The number of rotatable bonds is 10. The summed E-state index contributed by atoms with van der Waals surface area (Å²) in [5, 5.41) is 3.26. The van der Waals surface area contributed by atoms with Crippen LogP contribution in [0, 0.1) is 6.92 Å². The molecule has 0 radical (unpaired) electrons. The van der Waals surface area contributed by atoms with E-state index in [1.807, 2.05) is 38.1 Å². The van der Waals surface area contributed by atoms with Crippen LogP contribution in [0.4, 0.5) is 5.69 Å². The van der Waals surface area contributed by atoms with E-state index in [1.165, 1.54) is 4.90 Å². The van der Waals surface area contributed by atoms with Gasteiger partial charge < -0.3 is 10.2 Å². The first kappa shape index (κ1) is 25.7. The van der Waals surface area contributed by atoms with Crippen molar-refractivity contribution >= 4 is 39.1 Å². The van der Waals surface area contributed by atoms with E-state index in [4.69, 9.17) is 11.6 Å². The van der Waals surface area contributed by atoms with Crippen molar-refractivity contribution in [1.29, 1.82) is 0 Å². The zero-order valence-corrected chi connectivity index (χ0v) is 20.4. The Morgan fingerprint density at radius 1 is 1.12 bits per heavy atom. The summed E-state index contributed by atoms with van der Waals surface area (Å²) in [5.41, 5.74) is 2.20. The highest BCUT2D eigenvalue weighted by Crippen LogP contribution is 2.21. The quantitative estimate of drug-likeness (QED) is 0.566. The van der Waals surface area contributed by atoms with Crippen LogP contribution in [0.3, 0.4) is 0 Å². The summed E-state index contributed by atoms with van der Waals surface area (Å²) in [6.07, 6.45) is 1.81. The van der Waals surface area contributed by atoms with Crippen molar-refractivity contribution < 1.29 is 18.0 Å². The Morgan fingerprint density at radius 3 is 2.34 bits per heavy atom. The molecule has 0 fully saturated rings. The lowest BCUT2D eigenvalue weighted by atomic mass is 10.1. The molecular weight excluding hydrogens is 450 g/mol. The van der Waals surface area contributed by atoms with Crippen LogP contribution >= 0.6 is 11.6 Å². The van der Waals surface area contributed by atoms with Gasteiger partial charge in [0.05, 0.1) is 11.9 Å². The molecule has 0 aliphatic rings. The number of carbonyl (C=O) groups excluding carboxylic acids is 2. The molecule has 0 aliphatic carbocycles. The van der Waals surface area contributed by atoms with E-state index in [2.05, 4.69) is 5.32 Å². The maximum Gasteiger partial charge on any atom is 0.244 e. The summed E-state index contributed by atoms with van der Waals surface area (Å²) < 4.78 is 26.0. The van der Waals surface area contributed by atoms with Crippen molar-refractivity contribution in [3.8, 4) is 0 Å². The van der Waals surface area contributed by atoms with E-state index < -0.39 is 28.5 Å². The molecule has 0 aliphatic heterocycles. The van der Waals surface area contributed by atoms with Crippen LogP contribution in [0.25, 0.3) is 0 Å². The van der Waals surface area contributed by atoms with Gasteiger partial charge >= 0.3 is 0 Å². The molecule has 0 heterocycles. The third-order valence-corrected chi connectivity index (χ3v) is 6.34. The number of benzene rings is 2. The maximum atomic E-state index is 13.4. The zero-order valence-electron chi connectivity index (χ0n) is 18.8. The third kappa shape index (κ3) is 7.24. The van der Waals surface area contributed by atoms with Gasteiger partial charge in [0.15, 0.2) is 0 Å². The molecule has 1 atom stereocenters. The van der Waals surface area contributed by atoms with Gasteiger partial charge in [0.2, 0.25) is 21.8 Å². The summed E-state index contributed by atoms with van der Waals surface area (Å²) in [5.74, 6) is -0.767. The summed E-state index contributed by atoms with van der Waals surface area (Å²) in [6.45, 7) is 5.77. The summed E-state index contributed by atoms with van der Waals surface area (Å²) in [6, 6.07) is 13.1. The van der Waals surface area contributed by atoms with Crippen molar-refractivity contribution in [3.63, 3.8) is 0 Å². The molecule has 7 nitrogen and oxygen atoms in total. The van der Waals surface area contributed by atoms with Crippen LogP contribution in [0.5, 0.6) is 0 Å². The van der Waals surface area contributed by atoms with Crippen molar-refractivity contribution in [2.45, 2.75) is 39.8 Å². The van der Waals surface area contributed by atoms with Gasteiger partial charge in [-0.25, -0.2) is 8.42 Å². The van der Waals surface area contributed by atoms with Crippen LogP contribution in [-0.2, 0) is 26.2 Å². The summed E-state index contributed by atoms with van der Waals surface area (Å²) in [4.78, 5) is 27.4. The first-order chi connectivity index (χ1) is 15.0. The Bertz CT molecular complexity index is 1040. The third-order valence-electron chi connectivity index (χ3n) is 4.95. The van der Waals surface area contributed by atoms with Crippen molar-refractivity contribution in [1.82, 2.24) is 10.2 Å². The minimum absolute atomic E-state index is 0.180. The van der Waals surface area contributed by atoms with Crippen LogP contribution in [0.2, 0.25) is 5.02 Å². The molecule has 32 heavy (non-hydrogen) atoms. The molecule has 1 N–H and O–H groups in total. The number of halogens is 1. The first-order valence-corrected chi connectivity index (χ1v) is 12.6. The van der Waals surface area contributed by atoms with E-state index in [0.717, 1.165) is 28.1 Å². The normalized spacial score (nSPS) is 12.2. The van der Waals surface area contributed by atoms with Crippen LogP contribution in [0.1, 0.15) is 31.4 Å². The van der Waals surface area contributed by atoms with Gasteiger partial charge in [0, 0.05) is 18.1 Å². The highest BCUT2D eigenvalue weighted by Gasteiger charge is 2.29. The van der Waals surface area contributed by atoms with Crippen molar-refractivity contribution in [2.24, 2.45) is 0 Å². The van der Waals surface area contributed by atoms with E-state index in [0.29, 0.717) is 17.3 Å². The lowest BCUT2D eigenvalue weighted by molar-refractivity contribution is -0.139. The fourth-order valence-electron chi connectivity index (χ4n) is 3.21. The average Bonchev–Trinajstić information content (AvgIpc) is 2.73. The summed E-state index contributed by atoms with van der Waals surface area (Å²) in [7, 11) is -3.76. The first-order valence-electron chi connectivity index (χ1n) is 10.4. The molecule has 0 saturated carbocycles. The molecular formula is C23H30ClN3O4S. The van der Waals surface area contributed by atoms with E-state index >= 15 is 0 Å². The number of amides is 2. The molecule has 2 aromatic carbocycles. The fourth-order valence-corrected chi connectivity index (χ4v) is 4.18. The molecule has 0 spiro atoms. The van der Waals surface area contributed by atoms with Crippen LogP contribution in [0.15, 0.2) is 48.5 Å². The van der Waals surface area contributed by atoms with Crippen LogP contribution < -0.4 is 9.62 Å². The maximum absolute atomic E-state index is 13.4. The Hall–Kier alpha value is -2.58. The Morgan fingerprint density at radius 2 is 1.78 bits per heavy atom. The van der Waals surface area contributed by atoms with Gasteiger partial charge in [0.25, 0.3) is 0 Å². The van der Waals surface area contributed by atoms with E-state index in [-0.39, 0.29) is 12.5 Å². The van der Waals surface area contributed by atoms with Gasteiger partial charge in [-0.05, 0) is 50.1 Å². The molecule has 0 saturated heterocycles. The second-order valence-corrected chi connectivity index (χ2v) is 10.1. The molecule has 2 aromatic rings. The molecule has 0 unspecified atom stereocenters. The SMILES string of the molecule is CCCNC(=O)[C@H](C)N(Cc1cccc(C)c1)C(=O)CN(c1ccc(Cl)cc1)S(C)(=O)=O. The molecule has 174 valence electrons. The Labute approximate surface area is 195 Å². The average molecular weight is 480 g/mol. The minimum Gasteiger partial charge on any atom is -0.354 e. The van der Waals surface area contributed by atoms with Crippen LogP contribution in [-0.4, -0.2) is 50.5 Å². The number of sulfonamides is 1. The molecule has 0 aromatic heterocycles. The number of hydrogen-bond donors (Lipinski definition) is 1. The van der Waals surface area contributed by atoms with Crippen molar-refractivity contribution in [2.75, 3.05) is 23.7 Å². The molecule has 9 heteroatoms. The topological polar surface area (TPSA) is 86.8 Å². The van der Waals surface area contributed by atoms with Crippen molar-refractivity contribution in [3.05, 3.63) is 64.7 Å².